The maximum absolute atomic E-state index is 12.5. The van der Waals surface area contributed by atoms with Gasteiger partial charge in [-0.2, -0.15) is 0 Å². The molecule has 1 aliphatic heterocycles. The topological polar surface area (TPSA) is 81.0 Å². The number of hydrogen-bond donors (Lipinski definition) is 0. The molecule has 1 fully saturated rings. The van der Waals surface area contributed by atoms with Crippen LogP contribution in [0.4, 0.5) is 0 Å². The highest BCUT2D eigenvalue weighted by atomic mass is 16.5. The third kappa shape index (κ3) is 3.96. The molecule has 1 aliphatic rings. The summed E-state index contributed by atoms with van der Waals surface area (Å²) in [6.45, 7) is 4.07. The summed E-state index contributed by atoms with van der Waals surface area (Å²) in [7, 11) is 0. The van der Waals surface area contributed by atoms with Gasteiger partial charge in [0.2, 0.25) is 5.91 Å². The average Bonchev–Trinajstić information content (AvgIpc) is 3.14. The number of ether oxygens (including phenoxy) is 1. The largest absolute Gasteiger partial charge is 0.459 e. The molecular formula is C23H23N3O4. The van der Waals surface area contributed by atoms with E-state index in [4.69, 9.17) is 4.74 Å². The first kappa shape index (κ1) is 19.8. The number of carbonyl (C=O) groups excluding carboxylic acids is 2. The van der Waals surface area contributed by atoms with Crippen LogP contribution in [0.2, 0.25) is 0 Å². The van der Waals surface area contributed by atoms with Crippen LogP contribution in [-0.4, -0.2) is 32.7 Å². The molecule has 1 aromatic carbocycles. The number of rotatable bonds is 5. The number of benzene rings is 1. The number of pyridine rings is 1. The number of aromatic nitrogens is 2. The minimum Gasteiger partial charge on any atom is -0.459 e. The zero-order chi connectivity index (χ0) is 21.3. The molecule has 1 saturated heterocycles. The van der Waals surface area contributed by atoms with E-state index in [1.807, 2.05) is 50.2 Å². The Morgan fingerprint density at radius 2 is 1.97 bits per heavy atom. The van der Waals surface area contributed by atoms with Crippen molar-refractivity contribution in [1.82, 2.24) is 14.3 Å². The van der Waals surface area contributed by atoms with E-state index < -0.39 is 11.9 Å². The lowest BCUT2D eigenvalue weighted by atomic mass is 10.1. The predicted molar refractivity (Wildman–Crippen MR) is 111 cm³/mol. The van der Waals surface area contributed by atoms with E-state index in [1.54, 1.807) is 17.2 Å². The molecule has 2 atom stereocenters. The first-order valence-corrected chi connectivity index (χ1v) is 9.92. The molecule has 3 heterocycles. The van der Waals surface area contributed by atoms with Gasteiger partial charge in [-0.05, 0) is 31.0 Å². The van der Waals surface area contributed by atoms with Gasteiger partial charge in [-0.3, -0.25) is 18.8 Å². The number of esters is 1. The molecule has 3 aromatic rings. The highest BCUT2D eigenvalue weighted by Gasteiger charge is 2.37. The summed E-state index contributed by atoms with van der Waals surface area (Å²) in [5.41, 5.74) is 2.63. The highest BCUT2D eigenvalue weighted by Crippen LogP contribution is 2.29. The van der Waals surface area contributed by atoms with Gasteiger partial charge in [0.25, 0.3) is 5.56 Å². The quantitative estimate of drug-likeness (QED) is 0.610. The molecule has 7 heteroatoms. The minimum absolute atomic E-state index is 0.0641. The fourth-order valence-corrected chi connectivity index (χ4v) is 3.77. The number of nitrogens with zero attached hydrogens (tertiary/aromatic N) is 3. The van der Waals surface area contributed by atoms with Crippen molar-refractivity contribution in [2.24, 2.45) is 5.92 Å². The molecule has 0 saturated carbocycles. The van der Waals surface area contributed by atoms with Gasteiger partial charge in [-0.1, -0.05) is 36.4 Å². The van der Waals surface area contributed by atoms with Crippen LogP contribution in [0.25, 0.3) is 5.65 Å². The molecule has 0 bridgehead atoms. The zero-order valence-electron chi connectivity index (χ0n) is 16.9. The monoisotopic (exact) mass is 405 g/mol. The first-order chi connectivity index (χ1) is 14.4. The third-order valence-corrected chi connectivity index (χ3v) is 5.46. The summed E-state index contributed by atoms with van der Waals surface area (Å²) in [6.07, 6.45) is 1.84. The minimum atomic E-state index is -0.520. The lowest BCUT2D eigenvalue weighted by Crippen LogP contribution is -2.29. The van der Waals surface area contributed by atoms with Gasteiger partial charge in [0, 0.05) is 25.2 Å². The zero-order valence-corrected chi connectivity index (χ0v) is 16.9. The number of likely N-dealkylation sites (tertiary alicyclic amines) is 1. The smallest absolute Gasteiger partial charge is 0.311 e. The van der Waals surface area contributed by atoms with Gasteiger partial charge < -0.3 is 9.64 Å². The van der Waals surface area contributed by atoms with Crippen molar-refractivity contribution >= 4 is 17.5 Å². The van der Waals surface area contributed by atoms with Crippen LogP contribution >= 0.6 is 0 Å². The fraction of sp³-hybridized carbons (Fsp3) is 0.304. The maximum Gasteiger partial charge on any atom is 0.311 e. The van der Waals surface area contributed by atoms with Crippen LogP contribution in [0.15, 0.2) is 59.5 Å². The number of carbonyl (C=O) groups is 2. The SMILES string of the molecule is Cc1ccc2nc(COC(=O)[C@H]3CC(=O)N([C@H](C)c4ccccc4)C3)cc(=O)n2c1. The van der Waals surface area contributed by atoms with Crippen molar-refractivity contribution in [3.05, 3.63) is 81.9 Å². The second kappa shape index (κ2) is 8.10. The van der Waals surface area contributed by atoms with E-state index in [9.17, 15) is 14.4 Å². The number of aryl methyl sites for hydroxylation is 1. The van der Waals surface area contributed by atoms with Crippen LogP contribution < -0.4 is 5.56 Å². The van der Waals surface area contributed by atoms with Gasteiger partial charge in [-0.25, -0.2) is 4.98 Å². The van der Waals surface area contributed by atoms with E-state index in [0.717, 1.165) is 11.1 Å². The van der Waals surface area contributed by atoms with Gasteiger partial charge in [0.05, 0.1) is 17.7 Å². The lowest BCUT2D eigenvalue weighted by molar-refractivity contribution is -0.149. The Morgan fingerprint density at radius 1 is 1.20 bits per heavy atom. The molecule has 30 heavy (non-hydrogen) atoms. The van der Waals surface area contributed by atoms with E-state index in [0.29, 0.717) is 17.9 Å². The Hall–Kier alpha value is -3.48. The molecular weight excluding hydrogens is 382 g/mol. The maximum atomic E-state index is 12.5. The van der Waals surface area contributed by atoms with E-state index in [-0.39, 0.29) is 30.5 Å². The standard InChI is InChI=1S/C23H23N3O4/c1-15-8-9-20-24-19(11-22(28)26(20)12-15)14-30-23(29)18-10-21(27)25(13-18)16(2)17-6-4-3-5-7-17/h3-9,11-12,16,18H,10,13-14H2,1-2H3/t16-,18+/m1/s1. The average molecular weight is 405 g/mol. The molecule has 2 aromatic heterocycles. The van der Waals surface area contributed by atoms with E-state index in [2.05, 4.69) is 4.98 Å². The summed E-state index contributed by atoms with van der Waals surface area (Å²) < 4.78 is 6.85. The van der Waals surface area contributed by atoms with Crippen LogP contribution in [0.3, 0.4) is 0 Å². The predicted octanol–water partition coefficient (Wildman–Crippen LogP) is 2.66. The highest BCUT2D eigenvalue weighted by molar-refractivity contribution is 5.87. The Labute approximate surface area is 173 Å². The lowest BCUT2D eigenvalue weighted by Gasteiger charge is -2.25. The van der Waals surface area contributed by atoms with Crippen molar-refractivity contribution < 1.29 is 14.3 Å². The molecule has 0 spiro atoms. The number of hydrogen-bond acceptors (Lipinski definition) is 5. The summed E-state index contributed by atoms with van der Waals surface area (Å²) >= 11 is 0. The van der Waals surface area contributed by atoms with Crippen LogP contribution in [0.5, 0.6) is 0 Å². The Kier molecular flexibility index (Phi) is 5.35. The Morgan fingerprint density at radius 3 is 2.73 bits per heavy atom. The molecule has 1 amide bonds. The van der Waals surface area contributed by atoms with Crippen molar-refractivity contribution in [1.29, 1.82) is 0 Å². The van der Waals surface area contributed by atoms with E-state index >= 15 is 0 Å². The summed E-state index contributed by atoms with van der Waals surface area (Å²) in [6, 6.07) is 14.6. The Balaban J connectivity index is 1.41. The van der Waals surface area contributed by atoms with Crippen LogP contribution in [0.1, 0.15) is 36.2 Å². The summed E-state index contributed by atoms with van der Waals surface area (Å²) in [5.74, 6) is -1.03. The molecule has 4 rings (SSSR count). The Bertz CT molecular complexity index is 1160. The summed E-state index contributed by atoms with van der Waals surface area (Å²) in [4.78, 5) is 43.4. The number of amides is 1. The van der Waals surface area contributed by atoms with E-state index in [1.165, 1.54) is 10.5 Å². The van der Waals surface area contributed by atoms with Gasteiger partial charge in [0.15, 0.2) is 0 Å². The molecule has 0 N–H and O–H groups in total. The van der Waals surface area contributed by atoms with Crippen LogP contribution in [-0.2, 0) is 20.9 Å². The fourth-order valence-electron chi connectivity index (χ4n) is 3.77. The molecule has 7 nitrogen and oxygen atoms in total. The van der Waals surface area contributed by atoms with Crippen molar-refractivity contribution in [2.75, 3.05) is 6.54 Å². The molecule has 0 aliphatic carbocycles. The van der Waals surface area contributed by atoms with Crippen LogP contribution in [0, 0.1) is 12.8 Å². The molecule has 154 valence electrons. The third-order valence-electron chi connectivity index (χ3n) is 5.46. The molecule has 0 unspecified atom stereocenters. The second-order valence-electron chi connectivity index (χ2n) is 7.66. The van der Waals surface area contributed by atoms with Gasteiger partial charge >= 0.3 is 5.97 Å². The van der Waals surface area contributed by atoms with Gasteiger partial charge in [0.1, 0.15) is 12.3 Å². The first-order valence-electron chi connectivity index (χ1n) is 9.92. The van der Waals surface area contributed by atoms with Crippen molar-refractivity contribution in [2.45, 2.75) is 32.9 Å². The number of fused-ring (bicyclic) bond motifs is 1. The summed E-state index contributed by atoms with van der Waals surface area (Å²) in [5, 5.41) is 0. The van der Waals surface area contributed by atoms with Crippen molar-refractivity contribution in [3.8, 4) is 0 Å². The normalized spacial score (nSPS) is 17.3. The molecule has 0 radical (unpaired) electrons. The van der Waals surface area contributed by atoms with Gasteiger partial charge in [-0.15, -0.1) is 0 Å². The van der Waals surface area contributed by atoms with Crippen molar-refractivity contribution in [3.63, 3.8) is 0 Å². The second-order valence-corrected chi connectivity index (χ2v) is 7.66.